The lowest BCUT2D eigenvalue weighted by atomic mass is 10.2. The summed E-state index contributed by atoms with van der Waals surface area (Å²) in [6, 6.07) is 8.49. The maximum absolute atomic E-state index is 6.25. The first-order valence-corrected chi connectivity index (χ1v) is 7.65. The molecule has 0 bridgehead atoms. The number of rotatable bonds is 6. The summed E-state index contributed by atoms with van der Waals surface area (Å²) in [6.07, 6.45) is 4.94. The van der Waals surface area contributed by atoms with Gasteiger partial charge in [-0.05, 0) is 25.5 Å². The summed E-state index contributed by atoms with van der Waals surface area (Å²) >= 11 is 1.79. The fourth-order valence-electron chi connectivity index (χ4n) is 2.05. The van der Waals surface area contributed by atoms with E-state index in [1.165, 1.54) is 10.5 Å². The molecule has 0 saturated heterocycles. The molecular formula is C15H21N3S. The molecule has 2 rings (SSSR count). The highest BCUT2D eigenvalue weighted by Crippen LogP contribution is 2.23. The molecule has 0 amide bonds. The molecule has 0 saturated carbocycles. The topological polar surface area (TPSA) is 43.8 Å². The molecule has 0 radical (unpaired) electrons. The minimum atomic E-state index is -0.0212. The maximum Gasteiger partial charge on any atom is 0.126 e. The van der Waals surface area contributed by atoms with Gasteiger partial charge in [0.25, 0.3) is 0 Å². The average molecular weight is 275 g/mol. The van der Waals surface area contributed by atoms with Gasteiger partial charge in [0.1, 0.15) is 5.82 Å². The summed E-state index contributed by atoms with van der Waals surface area (Å²) in [5, 5.41) is 0. The molecule has 0 aliphatic rings. The summed E-state index contributed by atoms with van der Waals surface area (Å²) in [5.74, 6) is 1.84. The Bertz CT molecular complexity index is 522. The number of thioether (sulfide) groups is 1. The van der Waals surface area contributed by atoms with Crippen LogP contribution < -0.4 is 5.73 Å². The van der Waals surface area contributed by atoms with Gasteiger partial charge in [0, 0.05) is 29.6 Å². The number of hydrogen-bond acceptors (Lipinski definition) is 3. The number of aryl methyl sites for hydroxylation is 2. The van der Waals surface area contributed by atoms with Gasteiger partial charge in [0.15, 0.2) is 0 Å². The molecule has 0 aliphatic carbocycles. The summed E-state index contributed by atoms with van der Waals surface area (Å²) in [6.45, 7) is 5.26. The van der Waals surface area contributed by atoms with Crippen molar-refractivity contribution in [2.75, 3.05) is 5.75 Å². The molecule has 0 spiro atoms. The van der Waals surface area contributed by atoms with E-state index in [0.29, 0.717) is 0 Å². The van der Waals surface area contributed by atoms with Crippen molar-refractivity contribution >= 4 is 11.8 Å². The van der Waals surface area contributed by atoms with Crippen LogP contribution in [0.2, 0.25) is 0 Å². The zero-order valence-electron chi connectivity index (χ0n) is 11.5. The Morgan fingerprint density at radius 3 is 3.00 bits per heavy atom. The van der Waals surface area contributed by atoms with Crippen molar-refractivity contribution < 1.29 is 0 Å². The van der Waals surface area contributed by atoms with Crippen molar-refractivity contribution in [1.82, 2.24) is 9.55 Å². The van der Waals surface area contributed by atoms with E-state index >= 15 is 0 Å². The zero-order chi connectivity index (χ0) is 13.7. The standard InChI is InChI=1S/C15H21N3S/c1-3-8-18-9-7-17-15(18)14(16)11-19-13-6-4-5-12(2)10-13/h4-7,9-10,14H,3,8,11,16H2,1-2H3. The number of aromatic nitrogens is 2. The molecule has 102 valence electrons. The van der Waals surface area contributed by atoms with E-state index in [4.69, 9.17) is 5.73 Å². The van der Waals surface area contributed by atoms with Gasteiger partial charge in [-0.2, -0.15) is 0 Å². The van der Waals surface area contributed by atoms with Crippen LogP contribution in [0, 0.1) is 6.92 Å². The van der Waals surface area contributed by atoms with Crippen LogP contribution in [0.4, 0.5) is 0 Å². The highest BCUT2D eigenvalue weighted by atomic mass is 32.2. The van der Waals surface area contributed by atoms with Crippen LogP contribution in [0.25, 0.3) is 0 Å². The lowest BCUT2D eigenvalue weighted by molar-refractivity contribution is 0.603. The normalized spacial score (nSPS) is 12.6. The lowest BCUT2D eigenvalue weighted by Gasteiger charge is -2.13. The Balaban J connectivity index is 1.97. The first kappa shape index (κ1) is 14.2. The number of nitrogens with zero attached hydrogens (tertiary/aromatic N) is 2. The second kappa shape index (κ2) is 6.78. The molecule has 19 heavy (non-hydrogen) atoms. The van der Waals surface area contributed by atoms with Gasteiger partial charge in [0.05, 0.1) is 6.04 Å². The van der Waals surface area contributed by atoms with E-state index in [-0.39, 0.29) is 6.04 Å². The second-order valence-electron chi connectivity index (χ2n) is 4.71. The third-order valence-corrected chi connectivity index (χ3v) is 4.08. The van der Waals surface area contributed by atoms with Crippen molar-refractivity contribution in [3.8, 4) is 0 Å². The predicted octanol–water partition coefficient (Wildman–Crippen LogP) is 3.39. The highest BCUT2D eigenvalue weighted by Gasteiger charge is 2.12. The van der Waals surface area contributed by atoms with Crippen LogP contribution in [-0.4, -0.2) is 15.3 Å². The Hall–Kier alpha value is -1.26. The molecule has 2 aromatic rings. The molecule has 0 aliphatic heterocycles. The molecule has 1 aromatic carbocycles. The first-order chi connectivity index (χ1) is 9.20. The largest absolute Gasteiger partial charge is 0.334 e. The second-order valence-corrected chi connectivity index (χ2v) is 5.81. The van der Waals surface area contributed by atoms with Crippen LogP contribution in [0.1, 0.15) is 30.8 Å². The molecule has 0 fully saturated rings. The van der Waals surface area contributed by atoms with Crippen molar-refractivity contribution in [2.45, 2.75) is 37.8 Å². The van der Waals surface area contributed by atoms with Crippen molar-refractivity contribution in [3.63, 3.8) is 0 Å². The minimum absolute atomic E-state index is 0.0212. The Labute approximate surface area is 119 Å². The van der Waals surface area contributed by atoms with E-state index in [2.05, 4.69) is 47.7 Å². The van der Waals surface area contributed by atoms with Crippen molar-refractivity contribution in [2.24, 2.45) is 5.73 Å². The fraction of sp³-hybridized carbons (Fsp3) is 0.400. The van der Waals surface area contributed by atoms with E-state index in [1.54, 1.807) is 11.8 Å². The van der Waals surface area contributed by atoms with Gasteiger partial charge >= 0.3 is 0 Å². The number of imidazole rings is 1. The molecule has 1 atom stereocenters. The summed E-state index contributed by atoms with van der Waals surface area (Å²) < 4.78 is 2.15. The highest BCUT2D eigenvalue weighted by molar-refractivity contribution is 7.99. The van der Waals surface area contributed by atoms with Crippen molar-refractivity contribution in [1.29, 1.82) is 0 Å². The van der Waals surface area contributed by atoms with Gasteiger partial charge in [-0.15, -0.1) is 11.8 Å². The third kappa shape index (κ3) is 3.85. The summed E-state index contributed by atoms with van der Waals surface area (Å²) in [5.41, 5.74) is 7.54. The molecular weight excluding hydrogens is 254 g/mol. The molecule has 1 heterocycles. The Morgan fingerprint density at radius 1 is 1.42 bits per heavy atom. The van der Waals surface area contributed by atoms with Crippen LogP contribution in [0.5, 0.6) is 0 Å². The molecule has 4 heteroatoms. The van der Waals surface area contributed by atoms with Crippen LogP contribution >= 0.6 is 11.8 Å². The number of nitrogens with two attached hydrogens (primary N) is 1. The maximum atomic E-state index is 6.25. The van der Waals surface area contributed by atoms with E-state index in [1.807, 2.05) is 12.4 Å². The van der Waals surface area contributed by atoms with Crippen LogP contribution in [0.15, 0.2) is 41.6 Å². The van der Waals surface area contributed by atoms with E-state index in [0.717, 1.165) is 24.5 Å². The quantitative estimate of drug-likeness (QED) is 0.822. The van der Waals surface area contributed by atoms with Gasteiger partial charge in [-0.3, -0.25) is 0 Å². The van der Waals surface area contributed by atoms with Gasteiger partial charge in [-0.1, -0.05) is 24.6 Å². The number of hydrogen-bond donors (Lipinski definition) is 1. The first-order valence-electron chi connectivity index (χ1n) is 6.66. The molecule has 3 nitrogen and oxygen atoms in total. The smallest absolute Gasteiger partial charge is 0.126 e. The van der Waals surface area contributed by atoms with Crippen LogP contribution in [-0.2, 0) is 6.54 Å². The van der Waals surface area contributed by atoms with Crippen LogP contribution in [0.3, 0.4) is 0 Å². The molecule has 2 N–H and O–H groups in total. The Morgan fingerprint density at radius 2 is 2.26 bits per heavy atom. The minimum Gasteiger partial charge on any atom is -0.334 e. The van der Waals surface area contributed by atoms with Crippen molar-refractivity contribution in [3.05, 3.63) is 48.0 Å². The zero-order valence-corrected chi connectivity index (χ0v) is 12.4. The van der Waals surface area contributed by atoms with Gasteiger partial charge < -0.3 is 10.3 Å². The van der Waals surface area contributed by atoms with Gasteiger partial charge in [-0.25, -0.2) is 4.98 Å². The number of benzene rings is 1. The summed E-state index contributed by atoms with van der Waals surface area (Å²) in [4.78, 5) is 5.66. The molecule has 1 aromatic heterocycles. The summed E-state index contributed by atoms with van der Waals surface area (Å²) in [7, 11) is 0. The molecule has 1 unspecified atom stereocenters. The predicted molar refractivity (Wildman–Crippen MR) is 81.3 cm³/mol. The fourth-order valence-corrected chi connectivity index (χ4v) is 3.01. The van der Waals surface area contributed by atoms with Gasteiger partial charge in [0.2, 0.25) is 0 Å². The SMILES string of the molecule is CCCn1ccnc1C(N)CSc1cccc(C)c1. The monoisotopic (exact) mass is 275 g/mol. The third-order valence-electron chi connectivity index (χ3n) is 2.96. The van der Waals surface area contributed by atoms with E-state index < -0.39 is 0 Å². The Kier molecular flexibility index (Phi) is 5.05. The average Bonchev–Trinajstić information content (AvgIpc) is 2.85. The van der Waals surface area contributed by atoms with E-state index in [9.17, 15) is 0 Å². The lowest BCUT2D eigenvalue weighted by Crippen LogP contribution is -2.18.